The molecule has 0 fully saturated rings. The zero-order valence-corrected chi connectivity index (χ0v) is 7.57. The minimum Gasteiger partial charge on any atom is -0.369 e. The van der Waals surface area contributed by atoms with Crippen LogP contribution in [-0.2, 0) is 0 Å². The van der Waals surface area contributed by atoms with Crippen LogP contribution in [0.25, 0.3) is 11.3 Å². The van der Waals surface area contributed by atoms with Gasteiger partial charge in [0.2, 0.25) is 11.9 Å². The molecule has 15 heavy (non-hydrogen) atoms. The fraction of sp³-hybridized carbons (Fsp3) is 0. The van der Waals surface area contributed by atoms with Crippen LogP contribution >= 0.6 is 0 Å². The van der Waals surface area contributed by atoms with E-state index >= 15 is 0 Å². The lowest BCUT2D eigenvalue weighted by Gasteiger charge is -2.00. The van der Waals surface area contributed by atoms with E-state index in [1.54, 1.807) is 6.07 Å². The van der Waals surface area contributed by atoms with E-state index < -0.39 is 5.95 Å². The zero-order chi connectivity index (χ0) is 10.8. The first kappa shape index (κ1) is 9.32. The molecule has 0 aliphatic carbocycles. The summed E-state index contributed by atoms with van der Waals surface area (Å²) < 4.78 is 12.8. The summed E-state index contributed by atoms with van der Waals surface area (Å²) in [6.45, 7) is 0. The van der Waals surface area contributed by atoms with Crippen molar-refractivity contribution in [1.29, 1.82) is 0 Å². The highest BCUT2D eigenvalue weighted by molar-refractivity contribution is 5.58. The quantitative estimate of drug-likeness (QED) is 0.667. The Bertz CT molecular complexity index is 552. The molecule has 0 atom stereocenters. The molecular weight excluding hydrogens is 199 g/mol. The van der Waals surface area contributed by atoms with Crippen molar-refractivity contribution >= 4 is 5.95 Å². The van der Waals surface area contributed by atoms with E-state index in [4.69, 9.17) is 5.73 Å². The van der Waals surface area contributed by atoms with Crippen LogP contribution in [0.3, 0.4) is 0 Å². The van der Waals surface area contributed by atoms with Gasteiger partial charge in [-0.3, -0.25) is 9.78 Å². The van der Waals surface area contributed by atoms with Crippen LogP contribution < -0.4 is 11.3 Å². The molecule has 2 rings (SSSR count). The van der Waals surface area contributed by atoms with Gasteiger partial charge in [0.05, 0.1) is 5.69 Å². The Kier molecular flexibility index (Phi) is 2.17. The number of rotatable bonds is 1. The van der Waals surface area contributed by atoms with E-state index in [0.717, 1.165) is 0 Å². The Morgan fingerprint density at radius 1 is 1.40 bits per heavy atom. The minimum absolute atomic E-state index is 0.00489. The first-order chi connectivity index (χ1) is 7.15. The van der Waals surface area contributed by atoms with Crippen LogP contribution in [-0.4, -0.2) is 15.0 Å². The first-order valence-corrected chi connectivity index (χ1v) is 4.14. The molecule has 2 aromatic heterocycles. The number of nitrogen functional groups attached to an aromatic ring is 1. The van der Waals surface area contributed by atoms with Gasteiger partial charge >= 0.3 is 0 Å². The summed E-state index contributed by atoms with van der Waals surface area (Å²) in [7, 11) is 0. The molecule has 0 saturated carbocycles. The van der Waals surface area contributed by atoms with Crippen molar-refractivity contribution in [1.82, 2.24) is 15.0 Å². The number of nitrogens with two attached hydrogens (primary N) is 1. The molecule has 6 heteroatoms. The Balaban J connectivity index is 2.59. The Morgan fingerprint density at radius 3 is 2.87 bits per heavy atom. The average molecular weight is 206 g/mol. The van der Waals surface area contributed by atoms with Crippen LogP contribution in [0.4, 0.5) is 10.3 Å². The van der Waals surface area contributed by atoms with Crippen molar-refractivity contribution in [3.05, 3.63) is 40.7 Å². The maximum absolute atomic E-state index is 12.8. The van der Waals surface area contributed by atoms with Crippen molar-refractivity contribution in [3.63, 3.8) is 0 Å². The molecule has 0 amide bonds. The summed E-state index contributed by atoms with van der Waals surface area (Å²) in [5.41, 5.74) is 5.75. The molecule has 0 aliphatic heterocycles. The largest absolute Gasteiger partial charge is 0.369 e. The average Bonchev–Trinajstić information content (AvgIpc) is 2.16. The van der Waals surface area contributed by atoms with E-state index in [0.29, 0.717) is 11.3 Å². The maximum atomic E-state index is 12.8. The number of nitrogens with one attached hydrogen (secondary N) is 1. The van der Waals surface area contributed by atoms with Gasteiger partial charge in [0.25, 0.3) is 5.56 Å². The third-order valence-corrected chi connectivity index (χ3v) is 1.78. The molecular formula is C9H7FN4O. The Labute approximate surface area is 83.8 Å². The van der Waals surface area contributed by atoms with Crippen LogP contribution in [0.5, 0.6) is 0 Å². The van der Waals surface area contributed by atoms with Gasteiger partial charge in [-0.15, -0.1) is 0 Å². The number of H-pyrrole nitrogens is 1. The van der Waals surface area contributed by atoms with Gasteiger partial charge in [-0.05, 0) is 6.07 Å². The lowest BCUT2D eigenvalue weighted by atomic mass is 10.2. The van der Waals surface area contributed by atoms with Gasteiger partial charge in [-0.2, -0.15) is 4.39 Å². The molecule has 0 radical (unpaired) electrons. The molecule has 2 aromatic rings. The standard InChI is InChI=1S/C9H7FN4O/c10-7-3-5(1-2-12-7)6-4-8(15)14-9(11)13-6/h1-4H,(H3,11,13,14,15). The van der Waals surface area contributed by atoms with Crippen LogP contribution in [0.2, 0.25) is 0 Å². The van der Waals surface area contributed by atoms with Crippen LogP contribution in [0.1, 0.15) is 0 Å². The number of aromatic nitrogens is 3. The number of nitrogens with zero attached hydrogens (tertiary/aromatic N) is 2. The van der Waals surface area contributed by atoms with Crippen LogP contribution in [0.15, 0.2) is 29.2 Å². The van der Waals surface area contributed by atoms with Crippen molar-refractivity contribution in [2.45, 2.75) is 0 Å². The second-order valence-corrected chi connectivity index (χ2v) is 2.88. The molecule has 3 N–H and O–H groups in total. The molecule has 76 valence electrons. The Morgan fingerprint density at radius 2 is 2.20 bits per heavy atom. The van der Waals surface area contributed by atoms with E-state index in [1.807, 2.05) is 0 Å². The third-order valence-electron chi connectivity index (χ3n) is 1.78. The van der Waals surface area contributed by atoms with E-state index in [2.05, 4.69) is 15.0 Å². The summed E-state index contributed by atoms with van der Waals surface area (Å²) in [5, 5.41) is 0. The molecule has 2 heterocycles. The van der Waals surface area contributed by atoms with Gasteiger partial charge in [-0.1, -0.05) is 0 Å². The molecule has 5 nitrogen and oxygen atoms in total. The van der Waals surface area contributed by atoms with Crippen molar-refractivity contribution in [3.8, 4) is 11.3 Å². The van der Waals surface area contributed by atoms with Crippen LogP contribution in [0, 0.1) is 5.95 Å². The number of anilines is 1. The second-order valence-electron chi connectivity index (χ2n) is 2.88. The number of hydrogen-bond acceptors (Lipinski definition) is 4. The van der Waals surface area contributed by atoms with Crippen molar-refractivity contribution in [2.24, 2.45) is 0 Å². The number of halogens is 1. The highest BCUT2D eigenvalue weighted by Gasteiger charge is 2.03. The molecule has 0 saturated heterocycles. The normalized spacial score (nSPS) is 10.2. The van der Waals surface area contributed by atoms with E-state index in [-0.39, 0.29) is 11.5 Å². The predicted molar refractivity (Wildman–Crippen MR) is 52.5 cm³/mol. The topological polar surface area (TPSA) is 84.7 Å². The lowest BCUT2D eigenvalue weighted by molar-refractivity contribution is 0.584. The first-order valence-electron chi connectivity index (χ1n) is 4.14. The highest BCUT2D eigenvalue weighted by atomic mass is 19.1. The van der Waals surface area contributed by atoms with Gasteiger partial charge in [-0.25, -0.2) is 9.97 Å². The summed E-state index contributed by atoms with van der Waals surface area (Å²) in [6, 6.07) is 3.97. The number of pyridine rings is 1. The summed E-state index contributed by atoms with van der Waals surface area (Å²) >= 11 is 0. The molecule has 0 spiro atoms. The fourth-order valence-electron chi connectivity index (χ4n) is 1.19. The lowest BCUT2D eigenvalue weighted by Crippen LogP contribution is -2.10. The summed E-state index contributed by atoms with van der Waals surface area (Å²) in [6.07, 6.45) is 1.30. The summed E-state index contributed by atoms with van der Waals surface area (Å²) in [5.74, 6) is -0.636. The van der Waals surface area contributed by atoms with Gasteiger partial charge in [0.15, 0.2) is 0 Å². The SMILES string of the molecule is Nc1nc(-c2ccnc(F)c2)cc(=O)[nH]1. The number of hydrogen-bond donors (Lipinski definition) is 2. The Hall–Kier alpha value is -2.24. The molecule has 0 aliphatic rings. The molecule has 0 unspecified atom stereocenters. The van der Waals surface area contributed by atoms with Crippen molar-refractivity contribution < 1.29 is 4.39 Å². The third kappa shape index (κ3) is 1.98. The highest BCUT2D eigenvalue weighted by Crippen LogP contribution is 2.14. The minimum atomic E-state index is -0.631. The summed E-state index contributed by atoms with van der Waals surface area (Å²) in [4.78, 5) is 20.7. The monoisotopic (exact) mass is 206 g/mol. The maximum Gasteiger partial charge on any atom is 0.252 e. The van der Waals surface area contributed by atoms with Gasteiger partial charge in [0, 0.05) is 23.9 Å². The molecule has 0 aromatic carbocycles. The van der Waals surface area contributed by atoms with E-state index in [9.17, 15) is 9.18 Å². The van der Waals surface area contributed by atoms with Crippen molar-refractivity contribution in [2.75, 3.05) is 5.73 Å². The second kappa shape index (κ2) is 3.49. The zero-order valence-electron chi connectivity index (χ0n) is 7.57. The fourth-order valence-corrected chi connectivity index (χ4v) is 1.19. The predicted octanol–water partition coefficient (Wildman–Crippen LogP) is 0.553. The van der Waals surface area contributed by atoms with Gasteiger partial charge in [0.1, 0.15) is 0 Å². The van der Waals surface area contributed by atoms with Gasteiger partial charge < -0.3 is 5.73 Å². The number of aromatic amines is 1. The van der Waals surface area contributed by atoms with E-state index in [1.165, 1.54) is 18.3 Å². The smallest absolute Gasteiger partial charge is 0.252 e. The molecule has 0 bridgehead atoms.